The van der Waals surface area contributed by atoms with Gasteiger partial charge in [0, 0.05) is 18.3 Å². The van der Waals surface area contributed by atoms with Gasteiger partial charge in [-0.1, -0.05) is 45.0 Å². The van der Waals surface area contributed by atoms with Crippen LogP contribution in [-0.2, 0) is 10.0 Å². The zero-order chi connectivity index (χ0) is 20.3. The standard InChI is InChI=1S/C22H31N3O2S.ClH/c1-16(2)20-11-10-18(24-28(26,27)19-8-6-5-7-9-19)14-22(20)23-21-12-13-25(4)15-17(21)3;/h5-11,14,16-17,21,23-24H,12-13,15H2,1-4H3;1H. The van der Waals surface area contributed by atoms with E-state index in [1.165, 1.54) is 5.56 Å². The largest absolute Gasteiger partial charge is 0.382 e. The second-order valence-electron chi connectivity index (χ2n) is 8.15. The average Bonchev–Trinajstić information content (AvgIpc) is 2.64. The highest BCUT2D eigenvalue weighted by molar-refractivity contribution is 7.92. The zero-order valence-corrected chi connectivity index (χ0v) is 19.2. The van der Waals surface area contributed by atoms with Crippen molar-refractivity contribution in [2.75, 3.05) is 30.2 Å². The van der Waals surface area contributed by atoms with Crippen LogP contribution in [0.4, 0.5) is 11.4 Å². The number of piperidine rings is 1. The van der Waals surface area contributed by atoms with Gasteiger partial charge in [0.2, 0.25) is 0 Å². The number of hydrogen-bond donors (Lipinski definition) is 2. The number of anilines is 2. The van der Waals surface area contributed by atoms with Crippen LogP contribution in [0.2, 0.25) is 0 Å². The van der Waals surface area contributed by atoms with Gasteiger partial charge in [0.15, 0.2) is 0 Å². The lowest BCUT2D eigenvalue weighted by molar-refractivity contribution is 0.206. The summed E-state index contributed by atoms with van der Waals surface area (Å²) >= 11 is 0. The Morgan fingerprint density at radius 2 is 1.79 bits per heavy atom. The van der Waals surface area contributed by atoms with Crippen LogP contribution in [0.5, 0.6) is 0 Å². The van der Waals surface area contributed by atoms with E-state index in [9.17, 15) is 8.42 Å². The Kier molecular flexibility index (Phi) is 7.97. The molecule has 2 N–H and O–H groups in total. The number of likely N-dealkylation sites (tertiary alicyclic amines) is 1. The van der Waals surface area contributed by atoms with Gasteiger partial charge >= 0.3 is 0 Å². The Labute approximate surface area is 181 Å². The summed E-state index contributed by atoms with van der Waals surface area (Å²) in [6, 6.07) is 14.6. The number of nitrogens with one attached hydrogen (secondary N) is 2. The lowest BCUT2D eigenvalue weighted by atomic mass is 9.92. The van der Waals surface area contributed by atoms with Crippen LogP contribution in [-0.4, -0.2) is 39.5 Å². The number of hydrogen-bond acceptors (Lipinski definition) is 4. The molecule has 2 aromatic carbocycles. The third-order valence-electron chi connectivity index (χ3n) is 5.43. The molecule has 0 saturated carbocycles. The van der Waals surface area contributed by atoms with Gasteiger partial charge in [0.1, 0.15) is 0 Å². The van der Waals surface area contributed by atoms with E-state index in [0.717, 1.165) is 25.2 Å². The minimum Gasteiger partial charge on any atom is -0.382 e. The highest BCUT2D eigenvalue weighted by atomic mass is 35.5. The first kappa shape index (κ1) is 23.5. The molecule has 0 bridgehead atoms. The Morgan fingerprint density at radius 1 is 1.10 bits per heavy atom. The van der Waals surface area contributed by atoms with Crippen LogP contribution in [0.25, 0.3) is 0 Å². The first-order valence-corrected chi connectivity index (χ1v) is 11.4. The first-order valence-electron chi connectivity index (χ1n) is 9.93. The van der Waals surface area contributed by atoms with Crippen molar-refractivity contribution < 1.29 is 8.42 Å². The highest BCUT2D eigenvalue weighted by Gasteiger charge is 2.25. The predicted molar refractivity (Wildman–Crippen MR) is 124 cm³/mol. The SMILES string of the molecule is CC(C)c1ccc(NS(=O)(=O)c2ccccc2)cc1NC1CCN(C)CC1C.Cl. The molecule has 3 rings (SSSR count). The number of benzene rings is 2. The van der Waals surface area contributed by atoms with Gasteiger partial charge in [0.25, 0.3) is 10.0 Å². The van der Waals surface area contributed by atoms with Crippen LogP contribution in [0.3, 0.4) is 0 Å². The minimum absolute atomic E-state index is 0. The van der Waals surface area contributed by atoms with Gasteiger partial charge in [-0.15, -0.1) is 12.4 Å². The molecule has 0 amide bonds. The molecule has 1 saturated heterocycles. The Balaban J connectivity index is 0.00000300. The van der Waals surface area contributed by atoms with Crippen molar-refractivity contribution in [3.63, 3.8) is 0 Å². The van der Waals surface area contributed by atoms with Gasteiger partial charge in [-0.3, -0.25) is 4.72 Å². The molecular formula is C22H32ClN3O2S. The van der Waals surface area contributed by atoms with Crippen LogP contribution < -0.4 is 10.0 Å². The molecule has 2 unspecified atom stereocenters. The fourth-order valence-corrected chi connectivity index (χ4v) is 4.90. The minimum atomic E-state index is -3.60. The van der Waals surface area contributed by atoms with Gasteiger partial charge in [0.05, 0.1) is 10.6 Å². The van der Waals surface area contributed by atoms with Crippen molar-refractivity contribution in [2.24, 2.45) is 5.92 Å². The monoisotopic (exact) mass is 437 g/mol. The van der Waals surface area contributed by atoms with Crippen molar-refractivity contribution in [3.05, 3.63) is 54.1 Å². The average molecular weight is 438 g/mol. The smallest absolute Gasteiger partial charge is 0.261 e. The fourth-order valence-electron chi connectivity index (χ4n) is 3.83. The third kappa shape index (κ3) is 5.87. The Hall–Kier alpha value is -1.76. The fraction of sp³-hybridized carbons (Fsp3) is 0.455. The second kappa shape index (κ2) is 9.83. The number of nitrogens with zero attached hydrogens (tertiary/aromatic N) is 1. The van der Waals surface area contributed by atoms with Crippen molar-refractivity contribution in [1.82, 2.24) is 4.90 Å². The summed E-state index contributed by atoms with van der Waals surface area (Å²) < 4.78 is 28.1. The van der Waals surface area contributed by atoms with Gasteiger partial charge < -0.3 is 10.2 Å². The molecule has 2 aromatic rings. The van der Waals surface area contributed by atoms with E-state index < -0.39 is 10.0 Å². The maximum absolute atomic E-state index is 12.7. The molecule has 1 heterocycles. The topological polar surface area (TPSA) is 61.4 Å². The van der Waals surface area contributed by atoms with Crippen molar-refractivity contribution in [3.8, 4) is 0 Å². The molecule has 1 fully saturated rings. The summed E-state index contributed by atoms with van der Waals surface area (Å²) in [5.41, 5.74) is 2.80. The van der Waals surface area contributed by atoms with E-state index in [2.05, 4.69) is 42.8 Å². The summed E-state index contributed by atoms with van der Waals surface area (Å²) in [6.45, 7) is 8.72. The highest BCUT2D eigenvalue weighted by Crippen LogP contribution is 2.31. The summed E-state index contributed by atoms with van der Waals surface area (Å²) in [6.07, 6.45) is 1.08. The molecule has 0 spiro atoms. The number of sulfonamides is 1. The molecule has 7 heteroatoms. The Morgan fingerprint density at radius 3 is 2.41 bits per heavy atom. The molecule has 5 nitrogen and oxygen atoms in total. The maximum atomic E-state index is 12.7. The summed E-state index contributed by atoms with van der Waals surface area (Å²) in [5.74, 6) is 0.882. The molecule has 29 heavy (non-hydrogen) atoms. The normalized spacial score (nSPS) is 20.2. The molecule has 160 valence electrons. The predicted octanol–water partition coefficient (Wildman–Crippen LogP) is 4.78. The summed E-state index contributed by atoms with van der Waals surface area (Å²) in [7, 11) is -1.44. The number of halogens is 1. The van der Waals surface area contributed by atoms with Crippen molar-refractivity contribution in [1.29, 1.82) is 0 Å². The quantitative estimate of drug-likeness (QED) is 0.682. The molecule has 0 aliphatic carbocycles. The molecule has 2 atom stereocenters. The van der Waals surface area contributed by atoms with E-state index in [4.69, 9.17) is 0 Å². The van der Waals surface area contributed by atoms with Crippen LogP contribution in [0, 0.1) is 5.92 Å². The van der Waals surface area contributed by atoms with E-state index in [1.807, 2.05) is 18.2 Å². The van der Waals surface area contributed by atoms with Crippen molar-refractivity contribution in [2.45, 2.75) is 44.0 Å². The lowest BCUT2D eigenvalue weighted by Crippen LogP contribution is -2.43. The van der Waals surface area contributed by atoms with E-state index in [-0.39, 0.29) is 17.3 Å². The molecule has 0 aromatic heterocycles. The second-order valence-corrected chi connectivity index (χ2v) is 9.84. The lowest BCUT2D eigenvalue weighted by Gasteiger charge is -2.36. The summed E-state index contributed by atoms with van der Waals surface area (Å²) in [5, 5.41) is 3.71. The van der Waals surface area contributed by atoms with E-state index in [1.54, 1.807) is 30.3 Å². The van der Waals surface area contributed by atoms with Gasteiger partial charge in [-0.2, -0.15) is 0 Å². The number of rotatable bonds is 6. The molecule has 1 aliphatic rings. The van der Waals surface area contributed by atoms with E-state index >= 15 is 0 Å². The molecule has 1 aliphatic heterocycles. The van der Waals surface area contributed by atoms with Crippen LogP contribution in [0.1, 0.15) is 38.7 Å². The zero-order valence-electron chi connectivity index (χ0n) is 17.6. The maximum Gasteiger partial charge on any atom is 0.261 e. The summed E-state index contributed by atoms with van der Waals surface area (Å²) in [4.78, 5) is 2.62. The van der Waals surface area contributed by atoms with Gasteiger partial charge in [-0.05, 0) is 61.7 Å². The Bertz CT molecular complexity index is 904. The van der Waals surface area contributed by atoms with Crippen LogP contribution >= 0.6 is 12.4 Å². The third-order valence-corrected chi connectivity index (χ3v) is 6.83. The van der Waals surface area contributed by atoms with Crippen molar-refractivity contribution >= 4 is 33.8 Å². The van der Waals surface area contributed by atoms with Gasteiger partial charge in [-0.25, -0.2) is 8.42 Å². The van der Waals surface area contributed by atoms with E-state index in [0.29, 0.717) is 23.6 Å². The van der Waals surface area contributed by atoms with Crippen LogP contribution in [0.15, 0.2) is 53.4 Å². The first-order chi connectivity index (χ1) is 13.3. The molecular weight excluding hydrogens is 406 g/mol. The molecule has 0 radical (unpaired) electrons.